The van der Waals surface area contributed by atoms with Crippen LogP contribution in [0.4, 0.5) is 5.82 Å². The highest BCUT2D eigenvalue weighted by molar-refractivity contribution is 7.92. The van der Waals surface area contributed by atoms with Gasteiger partial charge in [-0.15, -0.1) is 0 Å². The zero-order chi connectivity index (χ0) is 14.9. The van der Waals surface area contributed by atoms with Crippen molar-refractivity contribution in [2.45, 2.75) is 25.7 Å². The summed E-state index contributed by atoms with van der Waals surface area (Å²) in [5, 5.41) is 0.238. The number of benzene rings is 1. The minimum absolute atomic E-state index is 0.205. The van der Waals surface area contributed by atoms with Crippen LogP contribution < -0.4 is 4.72 Å². The molecule has 0 fully saturated rings. The summed E-state index contributed by atoms with van der Waals surface area (Å²) in [6, 6.07) is 8.46. The van der Waals surface area contributed by atoms with Crippen molar-refractivity contribution in [1.29, 1.82) is 0 Å². The van der Waals surface area contributed by atoms with Crippen LogP contribution in [-0.2, 0) is 10.0 Å². The first-order valence-electron chi connectivity index (χ1n) is 6.03. The SMILES string of the molecule is Cc1cc(C)c(S(=O)(=O)Nc2cccc(Cl)n2)c(C)c1. The van der Waals surface area contributed by atoms with E-state index in [0.29, 0.717) is 11.1 Å². The predicted octanol–water partition coefficient (Wildman–Crippen LogP) is 3.46. The van der Waals surface area contributed by atoms with Gasteiger partial charge in [0.1, 0.15) is 11.0 Å². The normalized spacial score (nSPS) is 11.4. The van der Waals surface area contributed by atoms with Gasteiger partial charge in [0.05, 0.1) is 4.90 Å². The van der Waals surface area contributed by atoms with Crippen LogP contribution in [0.3, 0.4) is 0 Å². The molecule has 0 aliphatic heterocycles. The average Bonchev–Trinajstić information content (AvgIpc) is 2.25. The smallest absolute Gasteiger partial charge is 0.263 e. The summed E-state index contributed by atoms with van der Waals surface area (Å²) < 4.78 is 27.4. The summed E-state index contributed by atoms with van der Waals surface area (Å²) in [7, 11) is -3.68. The second-order valence-corrected chi connectivity index (χ2v) is 6.69. The Labute approximate surface area is 123 Å². The van der Waals surface area contributed by atoms with Crippen LogP contribution in [0.2, 0.25) is 5.15 Å². The van der Waals surface area contributed by atoms with Crippen LogP contribution in [0.25, 0.3) is 0 Å². The molecule has 0 radical (unpaired) electrons. The van der Waals surface area contributed by atoms with Crippen molar-refractivity contribution < 1.29 is 8.42 Å². The van der Waals surface area contributed by atoms with Crippen molar-refractivity contribution in [3.63, 3.8) is 0 Å². The number of sulfonamides is 1. The molecule has 0 aliphatic rings. The zero-order valence-electron chi connectivity index (χ0n) is 11.4. The number of nitrogens with one attached hydrogen (secondary N) is 1. The predicted molar refractivity (Wildman–Crippen MR) is 80.7 cm³/mol. The van der Waals surface area contributed by atoms with Crippen LogP contribution in [0, 0.1) is 20.8 Å². The number of nitrogens with zero attached hydrogens (tertiary/aromatic N) is 1. The van der Waals surface area contributed by atoms with E-state index < -0.39 is 10.0 Å². The van der Waals surface area contributed by atoms with Crippen LogP contribution in [-0.4, -0.2) is 13.4 Å². The van der Waals surface area contributed by atoms with Crippen LogP contribution in [0.1, 0.15) is 16.7 Å². The third-order valence-electron chi connectivity index (χ3n) is 2.83. The molecule has 1 aromatic heterocycles. The monoisotopic (exact) mass is 310 g/mol. The number of hydrogen-bond acceptors (Lipinski definition) is 3. The lowest BCUT2D eigenvalue weighted by Crippen LogP contribution is -2.16. The molecular weight excluding hydrogens is 296 g/mol. The standard InChI is InChI=1S/C14H15ClN2O2S/c1-9-7-10(2)14(11(3)8-9)20(18,19)17-13-6-4-5-12(15)16-13/h4-8H,1-3H3,(H,16,17). The Morgan fingerprint density at radius 2 is 1.70 bits per heavy atom. The fourth-order valence-electron chi connectivity index (χ4n) is 2.24. The van der Waals surface area contributed by atoms with Crippen molar-refractivity contribution in [2.75, 3.05) is 4.72 Å². The molecule has 2 rings (SSSR count). The van der Waals surface area contributed by atoms with E-state index in [-0.39, 0.29) is 15.9 Å². The molecule has 6 heteroatoms. The molecule has 0 unspecified atom stereocenters. The second-order valence-electron chi connectivity index (χ2n) is 4.68. The third kappa shape index (κ3) is 3.11. The Morgan fingerprint density at radius 1 is 1.10 bits per heavy atom. The fourth-order valence-corrected chi connectivity index (χ4v) is 3.86. The molecule has 1 N–H and O–H groups in total. The molecule has 0 bridgehead atoms. The van der Waals surface area contributed by atoms with Gasteiger partial charge >= 0.3 is 0 Å². The quantitative estimate of drug-likeness (QED) is 0.883. The number of pyridine rings is 1. The third-order valence-corrected chi connectivity index (χ3v) is 4.70. The fraction of sp³-hybridized carbons (Fsp3) is 0.214. The van der Waals surface area contributed by atoms with Crippen molar-refractivity contribution in [1.82, 2.24) is 4.98 Å². The Hall–Kier alpha value is -1.59. The number of anilines is 1. The zero-order valence-corrected chi connectivity index (χ0v) is 13.0. The molecule has 0 aliphatic carbocycles. The highest BCUT2D eigenvalue weighted by atomic mass is 35.5. The average molecular weight is 311 g/mol. The Balaban J connectivity index is 2.46. The topological polar surface area (TPSA) is 59.1 Å². The summed E-state index contributed by atoms with van der Waals surface area (Å²) in [6.45, 7) is 5.49. The van der Waals surface area contributed by atoms with E-state index in [1.165, 1.54) is 0 Å². The number of aromatic nitrogens is 1. The highest BCUT2D eigenvalue weighted by Crippen LogP contribution is 2.24. The van der Waals surface area contributed by atoms with E-state index >= 15 is 0 Å². The van der Waals surface area contributed by atoms with Gasteiger partial charge in [0.2, 0.25) is 0 Å². The van der Waals surface area contributed by atoms with Gasteiger partial charge in [-0.25, -0.2) is 13.4 Å². The molecule has 1 aromatic carbocycles. The first-order chi connectivity index (χ1) is 9.29. The maximum Gasteiger partial charge on any atom is 0.263 e. The number of rotatable bonds is 3. The van der Waals surface area contributed by atoms with Gasteiger partial charge in [0, 0.05) is 0 Å². The number of hydrogen-bond donors (Lipinski definition) is 1. The van der Waals surface area contributed by atoms with Gasteiger partial charge in [-0.3, -0.25) is 4.72 Å². The first-order valence-corrected chi connectivity index (χ1v) is 7.89. The van der Waals surface area contributed by atoms with E-state index in [1.807, 2.05) is 19.1 Å². The molecule has 0 saturated carbocycles. The molecule has 1 heterocycles. The summed E-state index contributed by atoms with van der Waals surface area (Å²) >= 11 is 5.76. The van der Waals surface area contributed by atoms with Crippen molar-refractivity contribution in [3.8, 4) is 0 Å². The summed E-state index contributed by atoms with van der Waals surface area (Å²) in [5.74, 6) is 0.205. The molecule has 2 aromatic rings. The molecule has 0 amide bonds. The van der Waals surface area contributed by atoms with Crippen LogP contribution in [0.15, 0.2) is 35.2 Å². The van der Waals surface area contributed by atoms with Crippen molar-refractivity contribution >= 4 is 27.4 Å². The minimum Gasteiger partial charge on any atom is -0.263 e. The van der Waals surface area contributed by atoms with Gasteiger partial charge in [-0.05, 0) is 44.0 Å². The molecule has 106 valence electrons. The van der Waals surface area contributed by atoms with Gasteiger partial charge in [-0.2, -0.15) is 0 Å². The highest BCUT2D eigenvalue weighted by Gasteiger charge is 2.20. The first kappa shape index (κ1) is 14.8. The maximum atomic E-state index is 12.5. The van der Waals surface area contributed by atoms with E-state index in [4.69, 9.17) is 11.6 Å². The number of halogens is 1. The lowest BCUT2D eigenvalue weighted by Gasteiger charge is -2.13. The Morgan fingerprint density at radius 3 is 2.25 bits per heavy atom. The Bertz CT molecular complexity index is 735. The summed E-state index contributed by atoms with van der Waals surface area (Å²) in [5.41, 5.74) is 2.44. The molecule has 20 heavy (non-hydrogen) atoms. The van der Waals surface area contributed by atoms with Gasteiger partial charge < -0.3 is 0 Å². The lowest BCUT2D eigenvalue weighted by molar-refractivity contribution is 0.600. The molecule has 0 spiro atoms. The van der Waals surface area contributed by atoms with Gasteiger partial charge in [0.25, 0.3) is 10.0 Å². The van der Waals surface area contributed by atoms with Gasteiger partial charge in [0.15, 0.2) is 0 Å². The second kappa shape index (κ2) is 5.42. The van der Waals surface area contributed by atoms with Crippen LogP contribution >= 0.6 is 11.6 Å². The van der Waals surface area contributed by atoms with Gasteiger partial charge in [-0.1, -0.05) is 35.4 Å². The summed E-state index contributed by atoms with van der Waals surface area (Å²) in [6.07, 6.45) is 0. The van der Waals surface area contributed by atoms with E-state index in [9.17, 15) is 8.42 Å². The molecule has 4 nitrogen and oxygen atoms in total. The summed E-state index contributed by atoms with van der Waals surface area (Å²) in [4.78, 5) is 4.22. The molecule has 0 atom stereocenters. The Kier molecular flexibility index (Phi) is 4.01. The maximum absolute atomic E-state index is 12.5. The van der Waals surface area contributed by atoms with E-state index in [2.05, 4.69) is 9.71 Å². The van der Waals surface area contributed by atoms with Crippen LogP contribution in [0.5, 0.6) is 0 Å². The van der Waals surface area contributed by atoms with E-state index in [0.717, 1.165) is 5.56 Å². The van der Waals surface area contributed by atoms with E-state index in [1.54, 1.807) is 32.0 Å². The molecular formula is C14H15ClN2O2S. The molecule has 0 saturated heterocycles. The van der Waals surface area contributed by atoms with Crippen molar-refractivity contribution in [2.24, 2.45) is 0 Å². The van der Waals surface area contributed by atoms with Crippen molar-refractivity contribution in [3.05, 3.63) is 52.2 Å². The number of aryl methyl sites for hydroxylation is 3. The minimum atomic E-state index is -3.68. The lowest BCUT2D eigenvalue weighted by atomic mass is 10.1. The largest absolute Gasteiger partial charge is 0.263 e.